The van der Waals surface area contributed by atoms with Crippen molar-refractivity contribution in [3.8, 4) is 0 Å². The minimum absolute atomic E-state index is 0.0599. The predicted molar refractivity (Wildman–Crippen MR) is 142 cm³/mol. The van der Waals surface area contributed by atoms with Crippen LogP contribution in [-0.2, 0) is 26.2 Å². The number of halogens is 2. The summed E-state index contributed by atoms with van der Waals surface area (Å²) < 4.78 is 26.5. The second kappa shape index (κ2) is 13.1. The fourth-order valence-corrected chi connectivity index (χ4v) is 4.94. The molecular formula is C25H33Cl2N3O4S. The zero-order valence-electron chi connectivity index (χ0n) is 20.6. The van der Waals surface area contributed by atoms with E-state index in [0.717, 1.165) is 23.4 Å². The molecule has 2 amide bonds. The minimum Gasteiger partial charge on any atom is -0.354 e. The molecule has 0 spiro atoms. The average Bonchev–Trinajstić information content (AvgIpc) is 2.79. The van der Waals surface area contributed by atoms with E-state index in [1.807, 2.05) is 13.8 Å². The number of aryl methyl sites for hydroxylation is 1. The van der Waals surface area contributed by atoms with Gasteiger partial charge in [0.05, 0.1) is 11.9 Å². The van der Waals surface area contributed by atoms with Crippen molar-refractivity contribution in [3.63, 3.8) is 0 Å². The standard InChI is InChI=1S/C25H33Cl2N3O4S/c1-5-7-14-28-25(32)22(6-2)29(16-19-10-8-9-11-21(19)27)24(31)17-30(35(4,33)34)23-15-20(26)13-12-18(23)3/h8-13,15,22H,5-7,14,16-17H2,1-4H3,(H,28,32). The molecule has 0 aromatic heterocycles. The van der Waals surface area contributed by atoms with Crippen molar-refractivity contribution in [2.24, 2.45) is 0 Å². The number of carbonyl (C=O) groups excluding carboxylic acids is 2. The van der Waals surface area contributed by atoms with Crippen LogP contribution in [0, 0.1) is 6.92 Å². The number of benzene rings is 2. The monoisotopic (exact) mass is 541 g/mol. The van der Waals surface area contributed by atoms with Crippen molar-refractivity contribution in [3.05, 3.63) is 63.6 Å². The minimum atomic E-state index is -3.84. The van der Waals surface area contributed by atoms with Crippen LogP contribution in [0.3, 0.4) is 0 Å². The number of carbonyl (C=O) groups is 2. The maximum absolute atomic E-state index is 13.7. The fraction of sp³-hybridized carbons (Fsp3) is 0.440. The van der Waals surface area contributed by atoms with Gasteiger partial charge in [-0.3, -0.25) is 13.9 Å². The van der Waals surface area contributed by atoms with Gasteiger partial charge in [-0.25, -0.2) is 8.42 Å². The summed E-state index contributed by atoms with van der Waals surface area (Å²) in [7, 11) is -3.84. The van der Waals surface area contributed by atoms with Gasteiger partial charge in [-0.1, -0.05) is 67.7 Å². The Bertz CT molecular complexity index is 1140. The van der Waals surface area contributed by atoms with Crippen molar-refractivity contribution in [1.82, 2.24) is 10.2 Å². The normalized spacial score (nSPS) is 12.2. The topological polar surface area (TPSA) is 86.8 Å². The van der Waals surface area contributed by atoms with Crippen LogP contribution in [-0.4, -0.2) is 50.5 Å². The zero-order chi connectivity index (χ0) is 26.2. The van der Waals surface area contributed by atoms with Gasteiger partial charge in [0.25, 0.3) is 0 Å². The Morgan fingerprint density at radius 2 is 1.77 bits per heavy atom. The van der Waals surface area contributed by atoms with Gasteiger partial charge in [0.2, 0.25) is 21.8 Å². The highest BCUT2D eigenvalue weighted by molar-refractivity contribution is 7.92. The van der Waals surface area contributed by atoms with E-state index in [0.29, 0.717) is 39.8 Å². The molecule has 2 rings (SSSR count). The molecule has 0 heterocycles. The van der Waals surface area contributed by atoms with Crippen molar-refractivity contribution in [2.45, 2.75) is 52.6 Å². The Kier molecular flexibility index (Phi) is 10.9. The molecule has 0 aliphatic rings. The van der Waals surface area contributed by atoms with Gasteiger partial charge >= 0.3 is 0 Å². The molecule has 7 nitrogen and oxygen atoms in total. The maximum Gasteiger partial charge on any atom is 0.244 e. The Morgan fingerprint density at radius 3 is 2.37 bits per heavy atom. The molecule has 0 fully saturated rings. The van der Waals surface area contributed by atoms with E-state index in [1.54, 1.807) is 43.3 Å². The summed E-state index contributed by atoms with van der Waals surface area (Å²) in [6, 6.07) is 11.1. The highest BCUT2D eigenvalue weighted by Gasteiger charge is 2.32. The number of unbranched alkanes of at least 4 members (excludes halogenated alkanes) is 1. The van der Waals surface area contributed by atoms with Gasteiger partial charge in [0.15, 0.2) is 0 Å². The van der Waals surface area contributed by atoms with Gasteiger partial charge in [-0.05, 0) is 49.1 Å². The molecule has 2 aromatic carbocycles. The number of sulfonamides is 1. The summed E-state index contributed by atoms with van der Waals surface area (Å²) >= 11 is 12.5. The van der Waals surface area contributed by atoms with Gasteiger partial charge < -0.3 is 10.2 Å². The van der Waals surface area contributed by atoms with E-state index < -0.39 is 28.5 Å². The molecule has 192 valence electrons. The molecule has 0 aliphatic heterocycles. The smallest absolute Gasteiger partial charge is 0.244 e. The van der Waals surface area contributed by atoms with E-state index in [9.17, 15) is 18.0 Å². The second-order valence-corrected chi connectivity index (χ2v) is 11.1. The molecule has 10 heteroatoms. The van der Waals surface area contributed by atoms with Crippen LogP contribution in [0.15, 0.2) is 42.5 Å². The third kappa shape index (κ3) is 8.12. The predicted octanol–water partition coefficient (Wildman–Crippen LogP) is 4.79. The molecule has 2 aromatic rings. The van der Waals surface area contributed by atoms with E-state index in [1.165, 1.54) is 11.0 Å². The lowest BCUT2D eigenvalue weighted by molar-refractivity contribution is -0.140. The van der Waals surface area contributed by atoms with E-state index in [4.69, 9.17) is 23.2 Å². The van der Waals surface area contributed by atoms with Crippen molar-refractivity contribution >= 4 is 50.7 Å². The van der Waals surface area contributed by atoms with E-state index >= 15 is 0 Å². The maximum atomic E-state index is 13.7. The average molecular weight is 543 g/mol. The Hall–Kier alpha value is -2.29. The fourth-order valence-electron chi connectivity index (χ4n) is 3.68. The largest absolute Gasteiger partial charge is 0.354 e. The molecule has 1 atom stereocenters. The van der Waals surface area contributed by atoms with Crippen LogP contribution in [0.4, 0.5) is 5.69 Å². The van der Waals surface area contributed by atoms with Gasteiger partial charge in [0.1, 0.15) is 12.6 Å². The van der Waals surface area contributed by atoms with Crippen LogP contribution in [0.5, 0.6) is 0 Å². The number of anilines is 1. The van der Waals surface area contributed by atoms with Crippen LogP contribution in [0.25, 0.3) is 0 Å². The first-order valence-electron chi connectivity index (χ1n) is 11.5. The molecule has 0 saturated heterocycles. The lowest BCUT2D eigenvalue weighted by Crippen LogP contribution is -2.52. The third-order valence-electron chi connectivity index (χ3n) is 5.63. The highest BCUT2D eigenvalue weighted by atomic mass is 35.5. The molecule has 0 bridgehead atoms. The van der Waals surface area contributed by atoms with Crippen LogP contribution in [0.1, 0.15) is 44.2 Å². The van der Waals surface area contributed by atoms with Crippen molar-refractivity contribution in [1.29, 1.82) is 0 Å². The number of nitrogens with one attached hydrogen (secondary N) is 1. The Balaban J connectivity index is 2.46. The van der Waals surface area contributed by atoms with Gasteiger partial charge in [-0.2, -0.15) is 0 Å². The van der Waals surface area contributed by atoms with Crippen LogP contribution < -0.4 is 9.62 Å². The summed E-state index contributed by atoms with van der Waals surface area (Å²) in [5.41, 5.74) is 1.62. The van der Waals surface area contributed by atoms with Crippen LogP contribution >= 0.6 is 23.2 Å². The summed E-state index contributed by atoms with van der Waals surface area (Å²) in [5, 5.41) is 3.69. The molecule has 35 heavy (non-hydrogen) atoms. The third-order valence-corrected chi connectivity index (χ3v) is 7.36. The van der Waals surface area contributed by atoms with Crippen molar-refractivity contribution in [2.75, 3.05) is 23.7 Å². The number of amides is 2. The molecule has 1 unspecified atom stereocenters. The summed E-state index contributed by atoms with van der Waals surface area (Å²) in [5.74, 6) is -0.807. The summed E-state index contributed by atoms with van der Waals surface area (Å²) in [4.78, 5) is 28.1. The SMILES string of the molecule is CCCCNC(=O)C(CC)N(Cc1ccccc1Cl)C(=O)CN(c1cc(Cl)ccc1C)S(C)(=O)=O. The first-order chi connectivity index (χ1) is 16.5. The van der Waals surface area contributed by atoms with E-state index in [2.05, 4.69) is 5.32 Å². The molecule has 0 aliphatic carbocycles. The quantitative estimate of drug-likeness (QED) is 0.391. The van der Waals surface area contributed by atoms with Crippen molar-refractivity contribution < 1.29 is 18.0 Å². The number of rotatable bonds is 12. The molecular weight excluding hydrogens is 509 g/mol. The highest BCUT2D eigenvalue weighted by Crippen LogP contribution is 2.27. The molecule has 1 N–H and O–H groups in total. The number of hydrogen-bond donors (Lipinski definition) is 1. The second-order valence-electron chi connectivity index (χ2n) is 8.38. The lowest BCUT2D eigenvalue weighted by atomic mass is 10.1. The summed E-state index contributed by atoms with van der Waals surface area (Å²) in [6.07, 6.45) is 3.12. The number of nitrogens with zero attached hydrogens (tertiary/aromatic N) is 2. The van der Waals surface area contributed by atoms with Gasteiger partial charge in [0, 0.05) is 23.1 Å². The lowest BCUT2D eigenvalue weighted by Gasteiger charge is -2.33. The molecule has 0 saturated carbocycles. The number of hydrogen-bond acceptors (Lipinski definition) is 4. The van der Waals surface area contributed by atoms with Crippen LogP contribution in [0.2, 0.25) is 10.0 Å². The first kappa shape index (κ1) is 28.9. The molecule has 0 radical (unpaired) electrons. The Morgan fingerprint density at radius 1 is 1.09 bits per heavy atom. The van der Waals surface area contributed by atoms with E-state index in [-0.39, 0.29) is 12.5 Å². The Labute approximate surface area is 218 Å². The zero-order valence-corrected chi connectivity index (χ0v) is 22.9. The first-order valence-corrected chi connectivity index (χ1v) is 14.1. The summed E-state index contributed by atoms with van der Waals surface area (Å²) in [6.45, 7) is 5.65. The van der Waals surface area contributed by atoms with Gasteiger partial charge in [-0.15, -0.1) is 0 Å².